The van der Waals surface area contributed by atoms with Crippen LogP contribution in [-0.4, -0.2) is 34.9 Å². The van der Waals surface area contributed by atoms with Crippen LogP contribution in [0.5, 0.6) is 0 Å². The van der Waals surface area contributed by atoms with Crippen LogP contribution in [0.3, 0.4) is 0 Å². The van der Waals surface area contributed by atoms with Crippen molar-refractivity contribution in [1.29, 1.82) is 0 Å². The summed E-state index contributed by atoms with van der Waals surface area (Å²) in [6.45, 7) is 2.57. The molecule has 0 bridgehead atoms. The predicted octanol–water partition coefficient (Wildman–Crippen LogP) is 5.41. The molecule has 0 aromatic carbocycles. The number of carboxylic acid groups (broad SMARTS) is 2. The molecule has 0 amide bonds. The Hall–Kier alpha value is 0.381. The Morgan fingerprint density at radius 3 is 1.41 bits per heavy atom. The molecule has 27 heavy (non-hydrogen) atoms. The molecule has 0 aliphatic rings. The fraction of sp³-hybridized carbons (Fsp3) is 0.900. The van der Waals surface area contributed by atoms with E-state index in [1.165, 1.54) is 70.6 Å². The SMILES string of the molecule is CCCCCCCCCCCCCCCCOC(CC(=O)O)C(=O)O.[Ag].[Ag]. The Balaban J connectivity index is -0.00000288. The minimum Gasteiger partial charge on any atom is -0.481 e. The molecule has 0 saturated heterocycles. The van der Waals surface area contributed by atoms with Gasteiger partial charge in [-0.1, -0.05) is 90.4 Å². The molecular formula is C20H38Ag2O5. The van der Waals surface area contributed by atoms with E-state index in [-0.39, 0.29) is 44.8 Å². The molecule has 0 heterocycles. The molecule has 0 aromatic heterocycles. The van der Waals surface area contributed by atoms with Gasteiger partial charge in [0.25, 0.3) is 0 Å². The predicted molar refractivity (Wildman–Crippen MR) is 99.9 cm³/mol. The Kier molecular flexibility index (Phi) is 29.0. The summed E-state index contributed by atoms with van der Waals surface area (Å²) in [5.41, 5.74) is 0. The van der Waals surface area contributed by atoms with Crippen molar-refractivity contribution in [3.63, 3.8) is 0 Å². The van der Waals surface area contributed by atoms with E-state index < -0.39 is 24.5 Å². The van der Waals surface area contributed by atoms with Crippen LogP contribution in [0.2, 0.25) is 0 Å². The van der Waals surface area contributed by atoms with Gasteiger partial charge in [-0.3, -0.25) is 4.79 Å². The van der Waals surface area contributed by atoms with Crippen LogP contribution < -0.4 is 0 Å². The number of ether oxygens (including phenoxy) is 1. The Morgan fingerprint density at radius 2 is 1.07 bits per heavy atom. The minimum atomic E-state index is -1.22. The molecule has 0 spiro atoms. The number of hydrogen-bond acceptors (Lipinski definition) is 3. The molecule has 0 aliphatic carbocycles. The number of carboxylic acids is 2. The zero-order valence-electron chi connectivity index (χ0n) is 16.6. The van der Waals surface area contributed by atoms with E-state index in [9.17, 15) is 9.59 Å². The molecule has 0 fully saturated rings. The smallest absolute Gasteiger partial charge is 0.333 e. The van der Waals surface area contributed by atoms with Crippen molar-refractivity contribution in [2.24, 2.45) is 0 Å². The Bertz CT molecular complexity index is 340. The first-order valence-electron chi connectivity index (χ1n) is 10.1. The van der Waals surface area contributed by atoms with Gasteiger partial charge < -0.3 is 14.9 Å². The molecule has 0 saturated carbocycles. The van der Waals surface area contributed by atoms with Gasteiger partial charge in [0, 0.05) is 51.4 Å². The van der Waals surface area contributed by atoms with Crippen LogP contribution in [-0.2, 0) is 59.1 Å². The van der Waals surface area contributed by atoms with E-state index in [1.54, 1.807) is 0 Å². The largest absolute Gasteiger partial charge is 0.481 e. The van der Waals surface area contributed by atoms with Crippen molar-refractivity contribution in [1.82, 2.24) is 0 Å². The molecule has 7 heteroatoms. The van der Waals surface area contributed by atoms with Crippen molar-refractivity contribution in [3.8, 4) is 0 Å². The number of unbranched alkanes of at least 4 members (excludes halogenated alkanes) is 13. The normalized spacial score (nSPS) is 11.3. The van der Waals surface area contributed by atoms with Crippen LogP contribution in [0.4, 0.5) is 0 Å². The third-order valence-electron chi connectivity index (χ3n) is 4.45. The molecular weight excluding hydrogens is 536 g/mol. The molecule has 0 rings (SSSR count). The Labute approximate surface area is 196 Å². The molecule has 1 atom stereocenters. The number of rotatable bonds is 19. The topological polar surface area (TPSA) is 83.8 Å². The maximum Gasteiger partial charge on any atom is 0.333 e. The second-order valence-corrected chi connectivity index (χ2v) is 6.89. The summed E-state index contributed by atoms with van der Waals surface area (Å²) in [6.07, 6.45) is 16.0. The molecule has 2 N–H and O–H groups in total. The van der Waals surface area contributed by atoms with E-state index in [1.807, 2.05) is 0 Å². The summed E-state index contributed by atoms with van der Waals surface area (Å²) < 4.78 is 5.14. The van der Waals surface area contributed by atoms with E-state index in [2.05, 4.69) is 6.92 Å². The number of hydrogen-bond donors (Lipinski definition) is 2. The summed E-state index contributed by atoms with van der Waals surface area (Å²) in [7, 11) is 0. The van der Waals surface area contributed by atoms with Crippen LogP contribution in [0.15, 0.2) is 0 Å². The maximum absolute atomic E-state index is 10.8. The molecule has 0 aliphatic heterocycles. The molecule has 5 nitrogen and oxygen atoms in total. The van der Waals surface area contributed by atoms with Crippen molar-refractivity contribution < 1.29 is 69.3 Å². The monoisotopic (exact) mass is 572 g/mol. The zero-order chi connectivity index (χ0) is 18.8. The molecule has 1 unspecified atom stereocenters. The maximum atomic E-state index is 10.8. The molecule has 170 valence electrons. The second-order valence-electron chi connectivity index (χ2n) is 6.89. The summed E-state index contributed by atoms with van der Waals surface area (Å²) >= 11 is 0. The summed E-state index contributed by atoms with van der Waals surface area (Å²) in [5.74, 6) is -2.35. The van der Waals surface area contributed by atoms with E-state index in [0.717, 1.165) is 19.3 Å². The van der Waals surface area contributed by atoms with Crippen molar-refractivity contribution in [2.75, 3.05) is 6.61 Å². The van der Waals surface area contributed by atoms with Crippen molar-refractivity contribution in [3.05, 3.63) is 0 Å². The van der Waals surface area contributed by atoms with E-state index in [4.69, 9.17) is 14.9 Å². The van der Waals surface area contributed by atoms with Gasteiger partial charge >= 0.3 is 11.9 Å². The second kappa shape index (κ2) is 24.4. The van der Waals surface area contributed by atoms with Gasteiger partial charge in [0.15, 0.2) is 6.10 Å². The fourth-order valence-electron chi connectivity index (χ4n) is 2.90. The number of aliphatic carboxylic acids is 2. The van der Waals surface area contributed by atoms with E-state index >= 15 is 0 Å². The quantitative estimate of drug-likeness (QED) is 0.159. The first kappa shape index (κ1) is 32.1. The van der Waals surface area contributed by atoms with Crippen molar-refractivity contribution >= 4 is 11.9 Å². The van der Waals surface area contributed by atoms with Crippen LogP contribution in [0.25, 0.3) is 0 Å². The van der Waals surface area contributed by atoms with Gasteiger partial charge in [0.05, 0.1) is 6.42 Å². The van der Waals surface area contributed by atoms with Crippen LogP contribution in [0, 0.1) is 0 Å². The average molecular weight is 574 g/mol. The van der Waals surface area contributed by atoms with Crippen LogP contribution >= 0.6 is 0 Å². The van der Waals surface area contributed by atoms with Gasteiger partial charge in [-0.25, -0.2) is 4.79 Å². The third kappa shape index (κ3) is 24.3. The van der Waals surface area contributed by atoms with Crippen molar-refractivity contribution in [2.45, 2.75) is 109 Å². The molecule has 2 radical (unpaired) electrons. The fourth-order valence-corrected chi connectivity index (χ4v) is 2.90. The summed E-state index contributed by atoms with van der Waals surface area (Å²) in [5, 5.41) is 17.5. The first-order chi connectivity index (χ1) is 12.1. The Morgan fingerprint density at radius 1 is 0.704 bits per heavy atom. The van der Waals surface area contributed by atoms with Gasteiger partial charge in [-0.05, 0) is 6.42 Å². The summed E-state index contributed by atoms with van der Waals surface area (Å²) in [6, 6.07) is 0. The zero-order valence-corrected chi connectivity index (χ0v) is 19.6. The average Bonchev–Trinajstić information content (AvgIpc) is 2.56. The first-order valence-corrected chi connectivity index (χ1v) is 10.1. The van der Waals surface area contributed by atoms with Gasteiger partial charge in [-0.2, -0.15) is 0 Å². The van der Waals surface area contributed by atoms with E-state index in [0.29, 0.717) is 6.61 Å². The van der Waals surface area contributed by atoms with Gasteiger partial charge in [-0.15, -0.1) is 0 Å². The van der Waals surface area contributed by atoms with Gasteiger partial charge in [0.2, 0.25) is 0 Å². The summed E-state index contributed by atoms with van der Waals surface area (Å²) in [4.78, 5) is 21.4. The number of carbonyl (C=O) groups is 2. The third-order valence-corrected chi connectivity index (χ3v) is 4.45. The standard InChI is InChI=1S/C20H38O5.2Ag/c1-2-3-4-5-6-7-8-9-10-11-12-13-14-15-16-25-18(20(23)24)17-19(21)22;;/h18H,2-17H2,1H3,(H,21,22)(H,23,24);;. The minimum absolute atomic E-state index is 0. The molecule has 0 aromatic rings. The van der Waals surface area contributed by atoms with Gasteiger partial charge in [0.1, 0.15) is 0 Å². The van der Waals surface area contributed by atoms with Crippen LogP contribution in [0.1, 0.15) is 103 Å².